The van der Waals surface area contributed by atoms with E-state index in [1.165, 1.54) is 21.3 Å². The molecule has 13 heteroatoms. The number of aromatic nitrogens is 5. The van der Waals surface area contributed by atoms with Gasteiger partial charge in [0.1, 0.15) is 11.9 Å². The molecular formula is C28H29ClF3N5O4. The van der Waals surface area contributed by atoms with Crippen LogP contribution in [-0.4, -0.2) is 41.5 Å². The number of hydrogen-bond donors (Lipinski definition) is 1. The molecule has 0 spiro atoms. The lowest BCUT2D eigenvalue weighted by atomic mass is 9.84. The van der Waals surface area contributed by atoms with Gasteiger partial charge in [0.25, 0.3) is 5.56 Å². The standard InChI is InChI=1S/C28H29ClF3N5O4/c1-3-35-25-22(26(39)36(27(35)40)13-4-14-38)37(15-17-6-8-18(29)9-7-17)24(34-25)19-10-12-21(33-23(19)28(30,31)32)41-20-11-5-16(20)2/h6-10,12,16,20,38H,3-5,11,13-15H2,1-2H3. The van der Waals surface area contributed by atoms with Crippen LogP contribution in [0.3, 0.4) is 0 Å². The predicted molar refractivity (Wildman–Crippen MR) is 147 cm³/mol. The molecule has 1 aromatic carbocycles. The molecule has 4 aromatic rings. The fraction of sp³-hybridized carbons (Fsp3) is 0.429. The van der Waals surface area contributed by atoms with E-state index in [0.717, 1.165) is 17.4 Å². The molecule has 3 aromatic heterocycles. The summed E-state index contributed by atoms with van der Waals surface area (Å²) < 4.78 is 52.7. The Morgan fingerprint density at radius 3 is 2.37 bits per heavy atom. The molecule has 5 rings (SSSR count). The first-order chi connectivity index (χ1) is 19.5. The van der Waals surface area contributed by atoms with Gasteiger partial charge in [0.2, 0.25) is 5.88 Å². The summed E-state index contributed by atoms with van der Waals surface area (Å²) in [5.41, 5.74) is -2.36. The van der Waals surface area contributed by atoms with Crippen molar-refractivity contribution in [2.45, 2.75) is 65.0 Å². The number of fused-ring (bicyclic) bond motifs is 1. The van der Waals surface area contributed by atoms with Crippen LogP contribution >= 0.6 is 11.6 Å². The Morgan fingerprint density at radius 2 is 1.78 bits per heavy atom. The smallest absolute Gasteiger partial charge is 0.434 e. The normalized spacial score (nSPS) is 17.1. The van der Waals surface area contributed by atoms with Crippen molar-refractivity contribution in [2.75, 3.05) is 6.61 Å². The van der Waals surface area contributed by atoms with Crippen molar-refractivity contribution in [2.24, 2.45) is 5.92 Å². The Hall–Kier alpha value is -3.64. The summed E-state index contributed by atoms with van der Waals surface area (Å²) >= 11 is 6.04. The SMILES string of the molecule is CCn1c(=O)n(CCCO)c(=O)c2c1nc(-c1ccc(OC3CCC3C)nc1C(F)(F)F)n2Cc1ccc(Cl)cc1. The number of alkyl halides is 3. The molecule has 0 saturated heterocycles. The van der Waals surface area contributed by atoms with Crippen LogP contribution in [0.15, 0.2) is 46.0 Å². The maximum atomic E-state index is 14.5. The van der Waals surface area contributed by atoms with Gasteiger partial charge in [0.05, 0.1) is 0 Å². The van der Waals surface area contributed by atoms with E-state index in [2.05, 4.69) is 9.97 Å². The molecule has 0 amide bonds. The molecule has 0 bridgehead atoms. The molecule has 218 valence electrons. The van der Waals surface area contributed by atoms with E-state index in [4.69, 9.17) is 16.3 Å². The van der Waals surface area contributed by atoms with Gasteiger partial charge in [-0.25, -0.2) is 14.8 Å². The van der Waals surface area contributed by atoms with Crippen molar-refractivity contribution in [1.29, 1.82) is 0 Å². The summed E-state index contributed by atoms with van der Waals surface area (Å²) in [5.74, 6) is -0.0973. The maximum absolute atomic E-state index is 14.5. The minimum absolute atomic E-state index is 0.0324. The van der Waals surface area contributed by atoms with Gasteiger partial charge >= 0.3 is 11.9 Å². The van der Waals surface area contributed by atoms with Gasteiger partial charge in [-0.15, -0.1) is 0 Å². The van der Waals surface area contributed by atoms with Crippen LogP contribution in [0.5, 0.6) is 5.88 Å². The van der Waals surface area contributed by atoms with Gasteiger partial charge in [-0.3, -0.25) is 13.9 Å². The predicted octanol–water partition coefficient (Wildman–Crippen LogP) is 4.72. The zero-order valence-corrected chi connectivity index (χ0v) is 23.2. The molecule has 9 nitrogen and oxygen atoms in total. The number of aliphatic hydroxyl groups excluding tert-OH is 1. The highest BCUT2D eigenvalue weighted by Gasteiger charge is 2.39. The fourth-order valence-corrected chi connectivity index (χ4v) is 5.13. The second-order valence-corrected chi connectivity index (χ2v) is 10.6. The number of ether oxygens (including phenoxy) is 1. The Bertz CT molecular complexity index is 1690. The van der Waals surface area contributed by atoms with Gasteiger partial charge in [-0.05, 0) is 55.9 Å². The lowest BCUT2D eigenvalue weighted by Crippen LogP contribution is -2.40. The van der Waals surface area contributed by atoms with Crippen LogP contribution < -0.4 is 16.0 Å². The summed E-state index contributed by atoms with van der Waals surface area (Å²) in [6, 6.07) is 9.26. The largest absolute Gasteiger partial charge is 0.474 e. The minimum atomic E-state index is -4.87. The number of hydrogen-bond acceptors (Lipinski definition) is 6. The summed E-state index contributed by atoms with van der Waals surface area (Å²) in [6.45, 7) is 3.41. The zero-order valence-electron chi connectivity index (χ0n) is 22.5. The van der Waals surface area contributed by atoms with Crippen LogP contribution in [0, 0.1) is 5.92 Å². The average molecular weight is 592 g/mol. The van der Waals surface area contributed by atoms with E-state index < -0.39 is 23.1 Å². The van der Waals surface area contributed by atoms with E-state index in [-0.39, 0.29) is 73.1 Å². The monoisotopic (exact) mass is 591 g/mol. The molecule has 41 heavy (non-hydrogen) atoms. The summed E-state index contributed by atoms with van der Waals surface area (Å²) in [5, 5.41) is 9.78. The van der Waals surface area contributed by atoms with Crippen molar-refractivity contribution in [3.8, 4) is 17.3 Å². The number of nitrogens with zero attached hydrogens (tertiary/aromatic N) is 5. The number of imidazole rings is 1. The van der Waals surface area contributed by atoms with Crippen LogP contribution in [0.2, 0.25) is 5.02 Å². The van der Waals surface area contributed by atoms with Crippen molar-refractivity contribution in [1.82, 2.24) is 23.7 Å². The van der Waals surface area contributed by atoms with E-state index >= 15 is 0 Å². The van der Waals surface area contributed by atoms with Crippen LogP contribution in [0.1, 0.15) is 44.4 Å². The average Bonchev–Trinajstić information content (AvgIpc) is 3.30. The first kappa shape index (κ1) is 28.9. The number of benzene rings is 1. The minimum Gasteiger partial charge on any atom is -0.474 e. The number of halogens is 4. The second kappa shape index (κ2) is 11.3. The number of pyridine rings is 1. The van der Waals surface area contributed by atoms with Gasteiger partial charge in [0.15, 0.2) is 16.9 Å². The molecule has 3 heterocycles. The van der Waals surface area contributed by atoms with Crippen LogP contribution in [-0.2, 0) is 25.8 Å². The third kappa shape index (κ3) is 5.50. The molecule has 0 aliphatic heterocycles. The van der Waals surface area contributed by atoms with Crippen LogP contribution in [0.4, 0.5) is 13.2 Å². The van der Waals surface area contributed by atoms with Gasteiger partial charge in [-0.1, -0.05) is 30.7 Å². The Balaban J connectivity index is 1.78. The molecular weight excluding hydrogens is 563 g/mol. The second-order valence-electron chi connectivity index (χ2n) is 10.1. The third-order valence-electron chi connectivity index (χ3n) is 7.42. The Labute approximate surface area is 237 Å². The fourth-order valence-electron chi connectivity index (χ4n) is 5.00. The molecule has 1 aliphatic carbocycles. The highest BCUT2D eigenvalue weighted by atomic mass is 35.5. The summed E-state index contributed by atoms with van der Waals surface area (Å²) in [7, 11) is 0. The summed E-state index contributed by atoms with van der Waals surface area (Å²) in [4.78, 5) is 35.2. The van der Waals surface area contributed by atoms with Crippen molar-refractivity contribution in [3.63, 3.8) is 0 Å². The van der Waals surface area contributed by atoms with E-state index in [1.54, 1.807) is 31.2 Å². The van der Waals surface area contributed by atoms with Crippen molar-refractivity contribution in [3.05, 3.63) is 73.5 Å². The lowest BCUT2D eigenvalue weighted by Gasteiger charge is -2.33. The lowest BCUT2D eigenvalue weighted by molar-refractivity contribution is -0.141. The van der Waals surface area contributed by atoms with Crippen LogP contribution in [0.25, 0.3) is 22.6 Å². The Kier molecular flexibility index (Phi) is 7.97. The molecule has 2 unspecified atom stereocenters. The first-order valence-corrected chi connectivity index (χ1v) is 13.8. The third-order valence-corrected chi connectivity index (χ3v) is 7.67. The first-order valence-electron chi connectivity index (χ1n) is 13.4. The topological polar surface area (TPSA) is 104 Å². The molecule has 0 radical (unpaired) electrons. The number of aryl methyl sites for hydroxylation is 1. The van der Waals surface area contributed by atoms with Crippen molar-refractivity contribution < 1.29 is 23.0 Å². The molecule has 1 saturated carbocycles. The van der Waals surface area contributed by atoms with Gasteiger partial charge in [-0.2, -0.15) is 13.2 Å². The van der Waals surface area contributed by atoms with E-state index in [1.807, 2.05) is 6.92 Å². The Morgan fingerprint density at radius 1 is 1.05 bits per heavy atom. The molecule has 1 N–H and O–H groups in total. The molecule has 1 fully saturated rings. The number of rotatable bonds is 9. The molecule has 1 aliphatic rings. The zero-order chi connectivity index (χ0) is 29.5. The van der Waals surface area contributed by atoms with Gasteiger partial charge < -0.3 is 14.4 Å². The molecule has 2 atom stereocenters. The highest BCUT2D eigenvalue weighted by molar-refractivity contribution is 6.30. The van der Waals surface area contributed by atoms with E-state index in [0.29, 0.717) is 10.6 Å². The van der Waals surface area contributed by atoms with Gasteiger partial charge in [0, 0.05) is 42.9 Å². The van der Waals surface area contributed by atoms with E-state index in [9.17, 15) is 27.9 Å². The quantitative estimate of drug-likeness (QED) is 0.302. The number of aliphatic hydroxyl groups is 1. The van der Waals surface area contributed by atoms with Crippen molar-refractivity contribution >= 4 is 22.8 Å². The maximum Gasteiger partial charge on any atom is 0.434 e. The summed E-state index contributed by atoms with van der Waals surface area (Å²) in [6.07, 6.45) is -3.26. The highest BCUT2D eigenvalue weighted by Crippen LogP contribution is 2.39.